The standard InChI is InChI=1S/C25H27ClF3N7/c1-15-11-30-12-22(31-15)34-6-4-16(5-7-34)24-33-32-23-14-35(20-9-18(10-20)25(27,28)29)13-17-8-19(26)2-3-21(17)36(23)24/h2-3,8,11-12,16,18,20H,4-7,9-10,13-14H2,1H3. The number of hydrogen-bond donors (Lipinski definition) is 0. The highest BCUT2D eigenvalue weighted by Crippen LogP contribution is 2.45. The van der Waals surface area contributed by atoms with Gasteiger partial charge in [-0.25, -0.2) is 4.98 Å². The van der Waals surface area contributed by atoms with Crippen molar-refractivity contribution in [2.75, 3.05) is 18.0 Å². The van der Waals surface area contributed by atoms with Gasteiger partial charge >= 0.3 is 6.18 Å². The fraction of sp³-hybridized carbons (Fsp3) is 0.520. The first-order chi connectivity index (χ1) is 17.3. The van der Waals surface area contributed by atoms with Gasteiger partial charge in [0.05, 0.1) is 30.0 Å². The number of aryl methyl sites for hydroxylation is 1. The molecule has 0 amide bonds. The Labute approximate surface area is 212 Å². The monoisotopic (exact) mass is 517 g/mol. The second-order valence-corrected chi connectivity index (χ2v) is 10.6. The Bertz CT molecular complexity index is 1260. The van der Waals surface area contributed by atoms with Crippen molar-refractivity contribution in [3.05, 3.63) is 58.5 Å². The summed E-state index contributed by atoms with van der Waals surface area (Å²) in [6, 6.07) is 5.62. The molecule has 36 heavy (non-hydrogen) atoms. The SMILES string of the molecule is Cc1cncc(N2CCC(c3nnc4n3-c3ccc(Cl)cc3CN(C3CC(C(F)(F)F)C3)C4)CC2)n1. The van der Waals surface area contributed by atoms with Gasteiger partial charge < -0.3 is 4.90 Å². The lowest BCUT2D eigenvalue weighted by molar-refractivity contribution is -0.207. The summed E-state index contributed by atoms with van der Waals surface area (Å²) in [7, 11) is 0. The average Bonchev–Trinajstić information content (AvgIpc) is 3.14. The summed E-state index contributed by atoms with van der Waals surface area (Å²) in [5.41, 5.74) is 2.85. The second-order valence-electron chi connectivity index (χ2n) is 10.1. The third kappa shape index (κ3) is 4.34. The van der Waals surface area contributed by atoms with Crippen LogP contribution < -0.4 is 4.90 Å². The van der Waals surface area contributed by atoms with Crippen LogP contribution in [0.25, 0.3) is 5.69 Å². The molecule has 0 spiro atoms. The van der Waals surface area contributed by atoms with E-state index in [0.717, 1.165) is 60.3 Å². The van der Waals surface area contributed by atoms with Gasteiger partial charge in [0.2, 0.25) is 0 Å². The molecule has 2 aliphatic heterocycles. The van der Waals surface area contributed by atoms with Gasteiger partial charge in [-0.3, -0.25) is 14.5 Å². The van der Waals surface area contributed by atoms with Crippen molar-refractivity contribution in [2.45, 2.75) is 63.8 Å². The van der Waals surface area contributed by atoms with E-state index in [4.69, 9.17) is 11.6 Å². The number of halogens is 4. The zero-order valence-electron chi connectivity index (χ0n) is 19.9. The molecule has 0 N–H and O–H groups in total. The van der Waals surface area contributed by atoms with Crippen LogP contribution in [0.1, 0.15) is 54.5 Å². The lowest BCUT2D eigenvalue weighted by Crippen LogP contribution is -2.48. The summed E-state index contributed by atoms with van der Waals surface area (Å²) in [6.45, 7) is 4.62. The van der Waals surface area contributed by atoms with Gasteiger partial charge in [-0.2, -0.15) is 13.2 Å². The molecular formula is C25H27ClF3N7. The molecule has 1 saturated heterocycles. The largest absolute Gasteiger partial charge is 0.391 e. The van der Waals surface area contributed by atoms with E-state index in [0.29, 0.717) is 18.1 Å². The molecule has 6 rings (SSSR count). The zero-order valence-corrected chi connectivity index (χ0v) is 20.7. The van der Waals surface area contributed by atoms with Gasteiger partial charge in [0.25, 0.3) is 0 Å². The van der Waals surface area contributed by atoms with Gasteiger partial charge in [0.15, 0.2) is 5.82 Å². The van der Waals surface area contributed by atoms with E-state index in [1.807, 2.05) is 25.1 Å². The van der Waals surface area contributed by atoms with Crippen molar-refractivity contribution in [1.82, 2.24) is 29.6 Å². The molecule has 0 radical (unpaired) electrons. The number of aromatic nitrogens is 5. The summed E-state index contributed by atoms with van der Waals surface area (Å²) < 4.78 is 41.6. The minimum absolute atomic E-state index is 0.126. The number of rotatable bonds is 3. The maximum absolute atomic E-state index is 13.1. The lowest BCUT2D eigenvalue weighted by Gasteiger charge is -2.43. The fourth-order valence-electron chi connectivity index (χ4n) is 5.70. The van der Waals surface area contributed by atoms with Crippen LogP contribution >= 0.6 is 11.6 Å². The molecule has 11 heteroatoms. The third-order valence-electron chi connectivity index (χ3n) is 7.77. The van der Waals surface area contributed by atoms with E-state index in [1.54, 1.807) is 12.4 Å². The number of nitrogens with zero attached hydrogens (tertiary/aromatic N) is 7. The molecule has 2 aromatic heterocycles. The number of alkyl halides is 3. The van der Waals surface area contributed by atoms with Gasteiger partial charge in [-0.15, -0.1) is 10.2 Å². The molecule has 3 aromatic rings. The van der Waals surface area contributed by atoms with Crippen molar-refractivity contribution >= 4 is 17.4 Å². The number of benzene rings is 1. The van der Waals surface area contributed by atoms with Crippen molar-refractivity contribution in [3.63, 3.8) is 0 Å². The van der Waals surface area contributed by atoms with E-state index >= 15 is 0 Å². The average molecular weight is 518 g/mol. The molecule has 1 aliphatic carbocycles. The van der Waals surface area contributed by atoms with Crippen molar-refractivity contribution in [1.29, 1.82) is 0 Å². The molecule has 2 fully saturated rings. The van der Waals surface area contributed by atoms with Crippen LogP contribution in [0.4, 0.5) is 19.0 Å². The molecule has 4 heterocycles. The first kappa shape index (κ1) is 23.7. The van der Waals surface area contributed by atoms with E-state index in [2.05, 4.69) is 34.5 Å². The van der Waals surface area contributed by atoms with E-state index < -0.39 is 12.1 Å². The van der Waals surface area contributed by atoms with Gasteiger partial charge in [-0.05, 0) is 56.4 Å². The van der Waals surface area contributed by atoms with E-state index in [9.17, 15) is 13.2 Å². The van der Waals surface area contributed by atoms with Crippen molar-refractivity contribution in [2.24, 2.45) is 5.92 Å². The minimum atomic E-state index is -4.13. The van der Waals surface area contributed by atoms with Crippen LogP contribution in [0.2, 0.25) is 5.02 Å². The third-order valence-corrected chi connectivity index (χ3v) is 8.01. The van der Waals surface area contributed by atoms with Crippen molar-refractivity contribution < 1.29 is 13.2 Å². The number of piperidine rings is 1. The summed E-state index contributed by atoms with van der Waals surface area (Å²) in [5, 5.41) is 9.77. The summed E-state index contributed by atoms with van der Waals surface area (Å²) >= 11 is 6.34. The smallest absolute Gasteiger partial charge is 0.355 e. The Morgan fingerprint density at radius 3 is 2.53 bits per heavy atom. The highest BCUT2D eigenvalue weighted by atomic mass is 35.5. The van der Waals surface area contributed by atoms with E-state index in [-0.39, 0.29) is 24.8 Å². The summed E-state index contributed by atoms with van der Waals surface area (Å²) in [5.74, 6) is 1.57. The zero-order chi connectivity index (χ0) is 25.0. The predicted octanol–water partition coefficient (Wildman–Crippen LogP) is 5.06. The highest BCUT2D eigenvalue weighted by molar-refractivity contribution is 6.30. The Hall–Kier alpha value is -2.72. The Morgan fingerprint density at radius 1 is 1.03 bits per heavy atom. The van der Waals surface area contributed by atoms with Gasteiger partial charge in [-0.1, -0.05) is 11.6 Å². The second kappa shape index (κ2) is 8.99. The number of fused-ring (bicyclic) bond motifs is 3. The number of anilines is 1. The first-order valence-electron chi connectivity index (χ1n) is 12.3. The molecular weight excluding hydrogens is 491 g/mol. The molecule has 7 nitrogen and oxygen atoms in total. The van der Waals surface area contributed by atoms with Crippen LogP contribution in [-0.4, -0.2) is 54.9 Å². The van der Waals surface area contributed by atoms with Crippen LogP contribution in [0.3, 0.4) is 0 Å². The molecule has 3 aliphatic rings. The Balaban J connectivity index is 1.26. The molecule has 0 bridgehead atoms. The summed E-state index contributed by atoms with van der Waals surface area (Å²) in [4.78, 5) is 13.2. The van der Waals surface area contributed by atoms with Gasteiger partial charge in [0.1, 0.15) is 11.6 Å². The van der Waals surface area contributed by atoms with Crippen LogP contribution in [-0.2, 0) is 13.1 Å². The number of hydrogen-bond acceptors (Lipinski definition) is 6. The van der Waals surface area contributed by atoms with Crippen LogP contribution in [0.15, 0.2) is 30.6 Å². The molecule has 1 saturated carbocycles. The summed E-state index contributed by atoms with van der Waals surface area (Å²) in [6.07, 6.45) is 1.47. The van der Waals surface area contributed by atoms with Gasteiger partial charge in [0, 0.05) is 42.8 Å². The highest BCUT2D eigenvalue weighted by Gasteiger charge is 2.49. The molecule has 0 atom stereocenters. The first-order valence-corrected chi connectivity index (χ1v) is 12.7. The molecule has 1 aromatic carbocycles. The maximum Gasteiger partial charge on any atom is 0.391 e. The Kier molecular flexibility index (Phi) is 5.91. The Morgan fingerprint density at radius 2 is 1.81 bits per heavy atom. The maximum atomic E-state index is 13.1. The van der Waals surface area contributed by atoms with Crippen LogP contribution in [0, 0.1) is 12.8 Å². The lowest BCUT2D eigenvalue weighted by atomic mass is 9.78. The minimum Gasteiger partial charge on any atom is -0.355 e. The normalized spacial score (nSPS) is 23.1. The predicted molar refractivity (Wildman–Crippen MR) is 129 cm³/mol. The quantitative estimate of drug-likeness (QED) is 0.484. The van der Waals surface area contributed by atoms with E-state index in [1.165, 1.54) is 0 Å². The molecule has 190 valence electrons. The topological polar surface area (TPSA) is 63.0 Å². The van der Waals surface area contributed by atoms with Crippen molar-refractivity contribution in [3.8, 4) is 5.69 Å². The molecule has 0 unspecified atom stereocenters. The van der Waals surface area contributed by atoms with Crippen LogP contribution in [0.5, 0.6) is 0 Å². The fourth-order valence-corrected chi connectivity index (χ4v) is 5.89.